The topological polar surface area (TPSA) is 116 Å². The molecule has 24 heavy (non-hydrogen) atoms. The van der Waals surface area contributed by atoms with E-state index in [1.54, 1.807) is 25.3 Å². The quantitative estimate of drug-likeness (QED) is 0.620. The van der Waals surface area contributed by atoms with Gasteiger partial charge in [-0.1, -0.05) is 18.2 Å². The number of carboxylic acid groups (broad SMARTS) is 1. The summed E-state index contributed by atoms with van der Waals surface area (Å²) in [5, 5.41) is 24.0. The van der Waals surface area contributed by atoms with Crippen LogP contribution >= 0.6 is 0 Å². The van der Waals surface area contributed by atoms with E-state index < -0.39 is 5.97 Å². The SMILES string of the molecule is Cc1nn(-c2ccccc2)c(O)c1N=C(Cc1c[nH]cn1)C(=O)O. The fourth-order valence-electron chi connectivity index (χ4n) is 2.24. The molecule has 0 atom stereocenters. The van der Waals surface area contributed by atoms with Crippen LogP contribution in [0.15, 0.2) is 47.8 Å². The number of nitrogens with zero attached hydrogens (tertiary/aromatic N) is 4. The maximum atomic E-state index is 11.5. The monoisotopic (exact) mass is 325 g/mol. The van der Waals surface area contributed by atoms with Crippen LogP contribution in [0.4, 0.5) is 5.69 Å². The minimum atomic E-state index is -1.18. The average Bonchev–Trinajstić information content (AvgIpc) is 3.18. The van der Waals surface area contributed by atoms with Crippen molar-refractivity contribution in [2.24, 2.45) is 4.99 Å². The van der Waals surface area contributed by atoms with Crippen LogP contribution in [0.2, 0.25) is 0 Å². The van der Waals surface area contributed by atoms with Crippen LogP contribution in [0.3, 0.4) is 0 Å². The van der Waals surface area contributed by atoms with Crippen molar-refractivity contribution in [3.05, 3.63) is 54.2 Å². The van der Waals surface area contributed by atoms with E-state index in [1.807, 2.05) is 18.2 Å². The van der Waals surface area contributed by atoms with E-state index in [-0.39, 0.29) is 23.7 Å². The number of carboxylic acids is 1. The zero-order chi connectivity index (χ0) is 17.1. The fourth-order valence-corrected chi connectivity index (χ4v) is 2.24. The molecule has 0 fully saturated rings. The van der Waals surface area contributed by atoms with Crippen LogP contribution in [0, 0.1) is 6.92 Å². The highest BCUT2D eigenvalue weighted by Gasteiger charge is 2.19. The van der Waals surface area contributed by atoms with Gasteiger partial charge in [0.15, 0.2) is 0 Å². The highest BCUT2D eigenvalue weighted by Crippen LogP contribution is 2.32. The number of rotatable bonds is 5. The highest BCUT2D eigenvalue weighted by atomic mass is 16.4. The molecule has 2 heterocycles. The second-order valence-electron chi connectivity index (χ2n) is 5.11. The number of carbonyl (C=O) groups is 1. The summed E-state index contributed by atoms with van der Waals surface area (Å²) in [6.45, 7) is 1.66. The molecule has 8 heteroatoms. The maximum Gasteiger partial charge on any atom is 0.350 e. The predicted molar refractivity (Wildman–Crippen MR) is 87.0 cm³/mol. The summed E-state index contributed by atoms with van der Waals surface area (Å²) in [5.74, 6) is -1.39. The third-order valence-electron chi connectivity index (χ3n) is 3.40. The van der Waals surface area contributed by atoms with Gasteiger partial charge in [-0.05, 0) is 19.1 Å². The largest absolute Gasteiger partial charge is 0.492 e. The molecule has 0 bridgehead atoms. The van der Waals surface area contributed by atoms with Gasteiger partial charge >= 0.3 is 5.97 Å². The fraction of sp³-hybridized carbons (Fsp3) is 0.125. The average molecular weight is 325 g/mol. The summed E-state index contributed by atoms with van der Waals surface area (Å²) in [6, 6.07) is 9.04. The number of H-pyrrole nitrogens is 1. The Labute approximate surface area is 137 Å². The molecule has 122 valence electrons. The van der Waals surface area contributed by atoms with Crippen LogP contribution < -0.4 is 0 Å². The summed E-state index contributed by atoms with van der Waals surface area (Å²) >= 11 is 0. The summed E-state index contributed by atoms with van der Waals surface area (Å²) in [5.41, 5.74) is 1.63. The lowest BCUT2D eigenvalue weighted by Gasteiger charge is -2.02. The number of hydrogen-bond donors (Lipinski definition) is 3. The lowest BCUT2D eigenvalue weighted by atomic mass is 10.2. The molecule has 0 amide bonds. The molecule has 3 rings (SSSR count). The molecule has 0 aliphatic heterocycles. The van der Waals surface area contributed by atoms with Crippen LogP contribution in [0.25, 0.3) is 5.69 Å². The van der Waals surface area contributed by atoms with Gasteiger partial charge in [-0.2, -0.15) is 9.78 Å². The van der Waals surface area contributed by atoms with Crippen molar-refractivity contribution in [3.63, 3.8) is 0 Å². The smallest absolute Gasteiger partial charge is 0.350 e. The van der Waals surface area contributed by atoms with Crippen LogP contribution in [-0.2, 0) is 11.2 Å². The number of imidazole rings is 1. The maximum absolute atomic E-state index is 11.5. The molecule has 0 unspecified atom stereocenters. The van der Waals surface area contributed by atoms with Gasteiger partial charge in [-0.25, -0.2) is 14.8 Å². The van der Waals surface area contributed by atoms with Gasteiger partial charge in [-0.3, -0.25) is 0 Å². The first-order chi connectivity index (χ1) is 11.6. The molecule has 0 spiro atoms. The molecule has 0 saturated heterocycles. The number of hydrogen-bond acceptors (Lipinski definition) is 5. The number of benzene rings is 1. The Morgan fingerprint density at radius 2 is 2.08 bits per heavy atom. The van der Waals surface area contributed by atoms with Gasteiger partial charge < -0.3 is 15.2 Å². The van der Waals surface area contributed by atoms with E-state index in [4.69, 9.17) is 0 Å². The first-order valence-electron chi connectivity index (χ1n) is 7.18. The molecule has 3 aromatic rings. The number of aryl methyl sites for hydroxylation is 1. The summed E-state index contributed by atoms with van der Waals surface area (Å²) in [6.07, 6.45) is 3.09. The predicted octanol–water partition coefficient (Wildman–Crippen LogP) is 2.01. The van der Waals surface area contributed by atoms with E-state index in [2.05, 4.69) is 20.1 Å². The number of nitrogens with one attached hydrogen (secondary N) is 1. The third-order valence-corrected chi connectivity index (χ3v) is 3.40. The van der Waals surface area contributed by atoms with E-state index in [9.17, 15) is 15.0 Å². The molecule has 1 aromatic carbocycles. The van der Waals surface area contributed by atoms with Crippen molar-refractivity contribution in [2.75, 3.05) is 0 Å². The zero-order valence-corrected chi connectivity index (χ0v) is 12.8. The molecule has 8 nitrogen and oxygen atoms in total. The molecule has 0 aliphatic rings. The lowest BCUT2D eigenvalue weighted by Crippen LogP contribution is -2.15. The molecule has 3 N–H and O–H groups in total. The second-order valence-corrected chi connectivity index (χ2v) is 5.11. The van der Waals surface area contributed by atoms with Gasteiger partial charge in [0.25, 0.3) is 0 Å². The van der Waals surface area contributed by atoms with Crippen LogP contribution in [-0.4, -0.2) is 41.6 Å². The van der Waals surface area contributed by atoms with Crippen LogP contribution in [0.5, 0.6) is 5.88 Å². The number of aliphatic imine (C=N–C) groups is 1. The number of aromatic amines is 1. The third kappa shape index (κ3) is 3.02. The van der Waals surface area contributed by atoms with Gasteiger partial charge in [0.05, 0.1) is 23.4 Å². The molecule has 0 saturated carbocycles. The van der Waals surface area contributed by atoms with Gasteiger partial charge in [0, 0.05) is 12.6 Å². The van der Waals surface area contributed by atoms with Crippen molar-refractivity contribution in [1.82, 2.24) is 19.7 Å². The lowest BCUT2D eigenvalue weighted by molar-refractivity contribution is -0.129. The van der Waals surface area contributed by atoms with Crippen molar-refractivity contribution in [1.29, 1.82) is 0 Å². The van der Waals surface area contributed by atoms with E-state index in [1.165, 1.54) is 11.0 Å². The standard InChI is InChI=1S/C16H15N5O3/c1-10-14(15(22)21(20-10)12-5-3-2-4-6-12)19-13(16(23)24)7-11-8-17-9-18-11/h2-6,8-9,22H,7H2,1H3,(H,17,18)(H,23,24). The normalized spacial score (nSPS) is 11.6. The van der Waals surface area contributed by atoms with Crippen molar-refractivity contribution in [3.8, 4) is 11.6 Å². The van der Waals surface area contributed by atoms with Gasteiger partial charge in [0.1, 0.15) is 11.4 Å². The first-order valence-corrected chi connectivity index (χ1v) is 7.18. The summed E-state index contributed by atoms with van der Waals surface area (Å²) in [4.78, 5) is 22.3. The molecule has 0 radical (unpaired) electrons. The Morgan fingerprint density at radius 1 is 1.33 bits per heavy atom. The van der Waals surface area contributed by atoms with Crippen molar-refractivity contribution >= 4 is 17.4 Å². The first kappa shape index (κ1) is 15.5. The highest BCUT2D eigenvalue weighted by molar-refractivity contribution is 6.36. The van der Waals surface area contributed by atoms with E-state index >= 15 is 0 Å². The zero-order valence-electron chi connectivity index (χ0n) is 12.8. The van der Waals surface area contributed by atoms with Crippen LogP contribution in [0.1, 0.15) is 11.4 Å². The van der Waals surface area contributed by atoms with Crippen molar-refractivity contribution < 1.29 is 15.0 Å². The van der Waals surface area contributed by atoms with Gasteiger partial charge in [-0.15, -0.1) is 0 Å². The summed E-state index contributed by atoms with van der Waals surface area (Å²) < 4.78 is 1.32. The molecular formula is C16H15N5O3. The Bertz CT molecular complexity index is 882. The number of aromatic hydroxyl groups is 1. The Balaban J connectivity index is 2.02. The minimum Gasteiger partial charge on any atom is -0.492 e. The number of aromatic nitrogens is 4. The Hall–Kier alpha value is -3.42. The number of para-hydroxylation sites is 1. The van der Waals surface area contributed by atoms with Crippen molar-refractivity contribution in [2.45, 2.75) is 13.3 Å². The molecule has 2 aromatic heterocycles. The van der Waals surface area contributed by atoms with E-state index in [0.717, 1.165) is 0 Å². The summed E-state index contributed by atoms with van der Waals surface area (Å²) in [7, 11) is 0. The molecular weight excluding hydrogens is 310 g/mol. The molecule has 0 aliphatic carbocycles. The van der Waals surface area contributed by atoms with E-state index in [0.29, 0.717) is 17.1 Å². The Morgan fingerprint density at radius 3 is 2.71 bits per heavy atom. The second kappa shape index (κ2) is 6.37. The Kier molecular flexibility index (Phi) is 4.11. The number of aliphatic carboxylic acids is 1. The minimum absolute atomic E-state index is 0.0359. The van der Waals surface area contributed by atoms with Gasteiger partial charge in [0.2, 0.25) is 5.88 Å².